The van der Waals surface area contributed by atoms with Gasteiger partial charge < -0.3 is 10.6 Å². The maximum absolute atomic E-state index is 12.4. The number of aryl methyl sites for hydroxylation is 1. The molecule has 0 radical (unpaired) electrons. The van der Waals surface area contributed by atoms with Crippen LogP contribution in [-0.4, -0.2) is 23.3 Å². The monoisotopic (exact) mass is 386 g/mol. The van der Waals surface area contributed by atoms with Gasteiger partial charge in [0.25, 0.3) is 0 Å². The lowest BCUT2D eigenvalue weighted by atomic mass is 9.86. The Balaban J connectivity index is 2.05. The predicted molar refractivity (Wildman–Crippen MR) is 116 cm³/mol. The van der Waals surface area contributed by atoms with E-state index in [0.717, 1.165) is 19.3 Å². The molecule has 0 heterocycles. The SMILES string of the molecule is CC(C)(C)N=NC(C)(CCc1ccc(C(C)(C)C)cc1)NC(=O)NC1CCC1. The highest BCUT2D eigenvalue weighted by Crippen LogP contribution is 2.24. The van der Waals surface area contributed by atoms with Crippen molar-refractivity contribution in [2.24, 2.45) is 10.2 Å². The molecular formula is C23H38N4O. The molecule has 0 bridgehead atoms. The van der Waals surface area contributed by atoms with Crippen LogP contribution in [0.2, 0.25) is 0 Å². The van der Waals surface area contributed by atoms with Crippen LogP contribution in [0.1, 0.15) is 85.3 Å². The first-order valence-electron chi connectivity index (χ1n) is 10.5. The highest BCUT2D eigenvalue weighted by molar-refractivity contribution is 5.75. The first-order chi connectivity index (χ1) is 12.9. The Hall–Kier alpha value is -1.91. The zero-order valence-corrected chi connectivity index (χ0v) is 18.7. The van der Waals surface area contributed by atoms with Gasteiger partial charge in [0, 0.05) is 6.04 Å². The summed E-state index contributed by atoms with van der Waals surface area (Å²) in [5.74, 6) is 0. The molecule has 28 heavy (non-hydrogen) atoms. The number of nitrogens with one attached hydrogen (secondary N) is 2. The summed E-state index contributed by atoms with van der Waals surface area (Å²) >= 11 is 0. The molecule has 1 atom stereocenters. The van der Waals surface area contributed by atoms with Gasteiger partial charge in [0.2, 0.25) is 0 Å². The Morgan fingerprint density at radius 3 is 2.07 bits per heavy atom. The van der Waals surface area contributed by atoms with E-state index in [1.54, 1.807) is 0 Å². The number of hydrogen-bond donors (Lipinski definition) is 2. The molecule has 1 unspecified atom stereocenters. The second kappa shape index (κ2) is 8.62. The average molecular weight is 387 g/mol. The number of benzene rings is 1. The van der Waals surface area contributed by atoms with E-state index in [-0.39, 0.29) is 17.0 Å². The van der Waals surface area contributed by atoms with Gasteiger partial charge in [0.05, 0.1) is 5.54 Å². The number of amides is 2. The lowest BCUT2D eigenvalue weighted by molar-refractivity contribution is 0.211. The minimum Gasteiger partial charge on any atom is -0.335 e. The lowest BCUT2D eigenvalue weighted by Gasteiger charge is -2.31. The maximum atomic E-state index is 12.4. The number of urea groups is 1. The Morgan fingerprint density at radius 2 is 1.61 bits per heavy atom. The largest absolute Gasteiger partial charge is 0.335 e. The molecule has 1 aliphatic carbocycles. The standard InChI is InChI=1S/C23H38N4O/c1-21(2,3)18-13-11-17(12-14-18)15-16-23(7,27-26-22(4,5)6)25-20(28)24-19-9-8-10-19/h11-14,19H,8-10,15-16H2,1-7H3,(H2,24,25,28). The van der Waals surface area contributed by atoms with Gasteiger partial charge in [-0.05, 0) is 76.3 Å². The van der Waals surface area contributed by atoms with Crippen LogP contribution in [0.25, 0.3) is 0 Å². The van der Waals surface area contributed by atoms with Gasteiger partial charge in [-0.25, -0.2) is 4.79 Å². The highest BCUT2D eigenvalue weighted by atomic mass is 16.2. The molecule has 2 amide bonds. The molecule has 1 aromatic carbocycles. The van der Waals surface area contributed by atoms with Crippen molar-refractivity contribution in [1.82, 2.24) is 10.6 Å². The lowest BCUT2D eigenvalue weighted by Crippen LogP contribution is -2.53. The van der Waals surface area contributed by atoms with E-state index in [9.17, 15) is 4.79 Å². The molecular weight excluding hydrogens is 348 g/mol. The Kier molecular flexibility index (Phi) is 6.89. The number of hydrogen-bond acceptors (Lipinski definition) is 3. The molecule has 156 valence electrons. The molecule has 1 fully saturated rings. The third-order valence-electron chi connectivity index (χ3n) is 5.11. The summed E-state index contributed by atoms with van der Waals surface area (Å²) in [6.45, 7) is 14.6. The predicted octanol–water partition coefficient (Wildman–Crippen LogP) is 5.74. The Labute approximate surface area is 170 Å². The fourth-order valence-corrected chi connectivity index (χ4v) is 2.98. The van der Waals surface area contributed by atoms with Crippen LogP contribution >= 0.6 is 0 Å². The molecule has 5 heteroatoms. The molecule has 2 rings (SSSR count). The van der Waals surface area contributed by atoms with Gasteiger partial charge in [-0.3, -0.25) is 0 Å². The van der Waals surface area contributed by atoms with Crippen molar-refractivity contribution in [3.05, 3.63) is 35.4 Å². The number of carbonyl (C=O) groups is 1. The molecule has 0 saturated heterocycles. The summed E-state index contributed by atoms with van der Waals surface area (Å²) in [4.78, 5) is 12.4. The number of azo groups is 1. The second-order valence-corrected chi connectivity index (χ2v) is 10.3. The zero-order valence-electron chi connectivity index (χ0n) is 18.7. The summed E-state index contributed by atoms with van der Waals surface area (Å²) in [7, 11) is 0. The van der Waals surface area contributed by atoms with Crippen LogP contribution in [0.5, 0.6) is 0 Å². The minimum absolute atomic E-state index is 0.148. The average Bonchev–Trinajstić information content (AvgIpc) is 2.54. The molecule has 2 N–H and O–H groups in total. The molecule has 1 saturated carbocycles. The van der Waals surface area contributed by atoms with E-state index in [0.29, 0.717) is 12.5 Å². The van der Waals surface area contributed by atoms with Crippen LogP contribution in [0.15, 0.2) is 34.5 Å². The van der Waals surface area contributed by atoms with Crippen molar-refractivity contribution in [2.45, 2.75) is 103 Å². The fraction of sp³-hybridized carbons (Fsp3) is 0.696. The van der Waals surface area contributed by atoms with Gasteiger partial charge in [0.15, 0.2) is 5.66 Å². The Bertz CT molecular complexity index is 678. The van der Waals surface area contributed by atoms with Gasteiger partial charge in [-0.1, -0.05) is 45.0 Å². The number of carbonyl (C=O) groups excluding carboxylic acids is 1. The normalized spacial score (nSPS) is 17.8. The van der Waals surface area contributed by atoms with Gasteiger partial charge in [-0.15, -0.1) is 0 Å². The van der Waals surface area contributed by atoms with Gasteiger partial charge >= 0.3 is 6.03 Å². The molecule has 0 spiro atoms. The topological polar surface area (TPSA) is 65.8 Å². The smallest absolute Gasteiger partial charge is 0.316 e. The van der Waals surface area contributed by atoms with Crippen LogP contribution < -0.4 is 10.6 Å². The van der Waals surface area contributed by atoms with Crippen LogP contribution in [-0.2, 0) is 11.8 Å². The van der Waals surface area contributed by atoms with Crippen molar-refractivity contribution in [2.75, 3.05) is 0 Å². The third-order valence-corrected chi connectivity index (χ3v) is 5.11. The summed E-state index contributed by atoms with van der Waals surface area (Å²) in [6.07, 6.45) is 4.84. The van der Waals surface area contributed by atoms with Crippen molar-refractivity contribution in [3.63, 3.8) is 0 Å². The van der Waals surface area contributed by atoms with E-state index in [2.05, 4.69) is 65.9 Å². The van der Waals surface area contributed by atoms with E-state index < -0.39 is 5.66 Å². The number of rotatable bonds is 6. The van der Waals surface area contributed by atoms with E-state index in [4.69, 9.17) is 0 Å². The van der Waals surface area contributed by atoms with Crippen molar-refractivity contribution in [3.8, 4) is 0 Å². The molecule has 1 aliphatic rings. The van der Waals surface area contributed by atoms with Gasteiger partial charge in [-0.2, -0.15) is 10.2 Å². The van der Waals surface area contributed by atoms with Crippen molar-refractivity contribution < 1.29 is 4.79 Å². The summed E-state index contributed by atoms with van der Waals surface area (Å²) in [6, 6.07) is 8.89. The maximum Gasteiger partial charge on any atom is 0.316 e. The summed E-state index contributed by atoms with van der Waals surface area (Å²) in [5.41, 5.74) is 1.71. The zero-order chi connectivity index (χ0) is 21.0. The minimum atomic E-state index is -0.732. The Morgan fingerprint density at radius 1 is 1.00 bits per heavy atom. The first-order valence-corrected chi connectivity index (χ1v) is 10.5. The second-order valence-electron chi connectivity index (χ2n) is 10.3. The number of nitrogens with zero attached hydrogens (tertiary/aromatic N) is 2. The fourth-order valence-electron chi connectivity index (χ4n) is 2.98. The molecule has 0 aromatic heterocycles. The van der Waals surface area contributed by atoms with E-state index in [1.807, 2.05) is 27.7 Å². The highest BCUT2D eigenvalue weighted by Gasteiger charge is 2.29. The quantitative estimate of drug-likeness (QED) is 0.602. The van der Waals surface area contributed by atoms with Crippen molar-refractivity contribution in [1.29, 1.82) is 0 Å². The molecule has 1 aromatic rings. The molecule has 5 nitrogen and oxygen atoms in total. The van der Waals surface area contributed by atoms with Crippen LogP contribution in [0.4, 0.5) is 4.79 Å². The van der Waals surface area contributed by atoms with E-state index in [1.165, 1.54) is 17.5 Å². The third kappa shape index (κ3) is 7.25. The van der Waals surface area contributed by atoms with Crippen molar-refractivity contribution >= 4 is 6.03 Å². The van der Waals surface area contributed by atoms with Gasteiger partial charge in [0.1, 0.15) is 0 Å². The first kappa shape index (κ1) is 22.4. The van der Waals surface area contributed by atoms with E-state index >= 15 is 0 Å². The molecule has 0 aliphatic heterocycles. The summed E-state index contributed by atoms with van der Waals surface area (Å²) in [5, 5.41) is 15.1. The van der Waals surface area contributed by atoms with Crippen LogP contribution in [0, 0.1) is 0 Å². The summed E-state index contributed by atoms with van der Waals surface area (Å²) < 4.78 is 0. The van der Waals surface area contributed by atoms with Crippen LogP contribution in [0.3, 0.4) is 0 Å².